The van der Waals surface area contributed by atoms with Crippen LogP contribution in [0.5, 0.6) is 0 Å². The van der Waals surface area contributed by atoms with Crippen LogP contribution < -0.4 is 5.73 Å². The number of rotatable bonds is 1. The summed E-state index contributed by atoms with van der Waals surface area (Å²) >= 11 is 2.07. The van der Waals surface area contributed by atoms with Gasteiger partial charge in [0.2, 0.25) is 0 Å². The van der Waals surface area contributed by atoms with Gasteiger partial charge in [-0.3, -0.25) is 0 Å². The molecular weight excluding hydrogens is 170 g/mol. The van der Waals surface area contributed by atoms with Crippen LogP contribution in [0.2, 0.25) is 0 Å². The summed E-state index contributed by atoms with van der Waals surface area (Å²) in [7, 11) is 0. The first-order valence-electron chi connectivity index (χ1n) is 4.77. The molecule has 12 heavy (non-hydrogen) atoms. The third-order valence-electron chi connectivity index (χ3n) is 3.30. The van der Waals surface area contributed by atoms with Gasteiger partial charge >= 0.3 is 0 Å². The smallest absolute Gasteiger partial charge is 0.0754 e. The first-order valence-corrected chi connectivity index (χ1v) is 5.92. The highest BCUT2D eigenvalue weighted by Crippen LogP contribution is 2.45. The molecule has 2 N–H and O–H groups in total. The Morgan fingerprint density at radius 2 is 2.08 bits per heavy atom. The van der Waals surface area contributed by atoms with Crippen molar-refractivity contribution in [3.05, 3.63) is 0 Å². The molecule has 1 atom stereocenters. The number of hydrogen-bond donors (Lipinski definition) is 1. The summed E-state index contributed by atoms with van der Waals surface area (Å²) in [5, 5.41) is 0. The van der Waals surface area contributed by atoms with E-state index in [-0.39, 0.29) is 0 Å². The van der Waals surface area contributed by atoms with E-state index in [1.807, 2.05) is 0 Å². The van der Waals surface area contributed by atoms with Crippen molar-refractivity contribution in [3.8, 4) is 0 Å². The molecule has 1 unspecified atom stereocenters. The van der Waals surface area contributed by atoms with Gasteiger partial charge in [-0.05, 0) is 30.8 Å². The van der Waals surface area contributed by atoms with Gasteiger partial charge < -0.3 is 10.5 Å². The van der Waals surface area contributed by atoms with Gasteiger partial charge in [0.25, 0.3) is 0 Å². The van der Waals surface area contributed by atoms with Gasteiger partial charge in [0.05, 0.1) is 6.10 Å². The normalized spacial score (nSPS) is 34.2. The summed E-state index contributed by atoms with van der Waals surface area (Å²) in [6, 6.07) is 0. The zero-order valence-electron chi connectivity index (χ0n) is 7.42. The lowest BCUT2D eigenvalue weighted by Gasteiger charge is -2.36. The molecule has 0 aliphatic carbocycles. The standard InChI is InChI=1S/C9H17NOS/c10-7-8-9(1-4-11-8)2-5-12-6-3-9/h8H,1-7,10H2. The maximum absolute atomic E-state index is 5.71. The van der Waals surface area contributed by atoms with E-state index in [2.05, 4.69) is 11.8 Å². The second kappa shape index (κ2) is 3.56. The second-order valence-corrected chi connectivity index (χ2v) is 5.04. The van der Waals surface area contributed by atoms with Crippen molar-refractivity contribution >= 4 is 11.8 Å². The lowest BCUT2D eigenvalue weighted by molar-refractivity contribution is 0.0509. The molecule has 0 aromatic carbocycles. The largest absolute Gasteiger partial charge is 0.376 e. The minimum Gasteiger partial charge on any atom is -0.376 e. The predicted molar refractivity (Wildman–Crippen MR) is 52.4 cm³/mol. The summed E-state index contributed by atoms with van der Waals surface area (Å²) in [5.41, 5.74) is 6.18. The lowest BCUT2D eigenvalue weighted by Crippen LogP contribution is -2.39. The van der Waals surface area contributed by atoms with E-state index in [9.17, 15) is 0 Å². The zero-order valence-corrected chi connectivity index (χ0v) is 8.24. The van der Waals surface area contributed by atoms with Crippen LogP contribution in [0.1, 0.15) is 19.3 Å². The van der Waals surface area contributed by atoms with Gasteiger partial charge in [-0.15, -0.1) is 0 Å². The zero-order chi connectivity index (χ0) is 8.44. The average molecular weight is 187 g/mol. The van der Waals surface area contributed by atoms with E-state index in [0.29, 0.717) is 18.1 Å². The molecule has 0 radical (unpaired) electrons. The molecule has 0 aromatic rings. The quantitative estimate of drug-likeness (QED) is 0.671. The van der Waals surface area contributed by atoms with Crippen LogP contribution in [0.4, 0.5) is 0 Å². The molecule has 2 aliphatic heterocycles. The molecule has 2 fully saturated rings. The summed E-state index contributed by atoms with van der Waals surface area (Å²) in [6.45, 7) is 1.65. The molecule has 70 valence electrons. The summed E-state index contributed by atoms with van der Waals surface area (Å²) in [5.74, 6) is 2.61. The Kier molecular flexibility index (Phi) is 2.63. The second-order valence-electron chi connectivity index (χ2n) is 3.82. The molecule has 0 bridgehead atoms. The number of hydrogen-bond acceptors (Lipinski definition) is 3. The highest BCUT2D eigenvalue weighted by atomic mass is 32.2. The van der Waals surface area contributed by atoms with Crippen LogP contribution >= 0.6 is 11.8 Å². The molecule has 2 saturated heterocycles. The third kappa shape index (κ3) is 1.38. The van der Waals surface area contributed by atoms with Crippen molar-refractivity contribution in [2.75, 3.05) is 24.7 Å². The molecule has 2 nitrogen and oxygen atoms in total. The topological polar surface area (TPSA) is 35.2 Å². The predicted octanol–water partition coefficient (Wildman–Crippen LogP) is 1.25. The lowest BCUT2D eigenvalue weighted by atomic mass is 9.76. The van der Waals surface area contributed by atoms with Crippen LogP contribution in [0, 0.1) is 5.41 Å². The highest BCUT2D eigenvalue weighted by Gasteiger charge is 2.43. The molecular formula is C9H17NOS. The Hall–Kier alpha value is 0.270. The maximum atomic E-state index is 5.71. The van der Waals surface area contributed by atoms with Crippen molar-refractivity contribution in [2.24, 2.45) is 11.1 Å². The summed E-state index contributed by atoms with van der Waals surface area (Å²) < 4.78 is 5.66. The summed E-state index contributed by atoms with van der Waals surface area (Å²) in [6.07, 6.45) is 4.24. The van der Waals surface area contributed by atoms with Gasteiger partial charge in [0.1, 0.15) is 0 Å². The van der Waals surface area contributed by atoms with Crippen molar-refractivity contribution in [3.63, 3.8) is 0 Å². The Morgan fingerprint density at radius 3 is 2.75 bits per heavy atom. The fourth-order valence-electron chi connectivity index (χ4n) is 2.41. The Bertz CT molecular complexity index is 157. The molecule has 1 spiro atoms. The van der Waals surface area contributed by atoms with E-state index in [0.717, 1.165) is 6.61 Å². The maximum Gasteiger partial charge on any atom is 0.0754 e. The monoisotopic (exact) mass is 187 g/mol. The molecule has 2 rings (SSSR count). The SMILES string of the molecule is NCC1OCCC12CCSCC2. The average Bonchev–Trinajstić information content (AvgIpc) is 2.49. The fraction of sp³-hybridized carbons (Fsp3) is 1.00. The highest BCUT2D eigenvalue weighted by molar-refractivity contribution is 7.99. The fourth-order valence-corrected chi connectivity index (χ4v) is 3.72. The van der Waals surface area contributed by atoms with Crippen molar-refractivity contribution < 1.29 is 4.74 Å². The van der Waals surface area contributed by atoms with Gasteiger partial charge in [0.15, 0.2) is 0 Å². The molecule has 0 amide bonds. The molecule has 0 aromatic heterocycles. The summed E-state index contributed by atoms with van der Waals surface area (Å²) in [4.78, 5) is 0. The molecule has 2 heterocycles. The van der Waals surface area contributed by atoms with Gasteiger partial charge in [0, 0.05) is 18.6 Å². The number of nitrogens with two attached hydrogens (primary N) is 1. The first-order chi connectivity index (χ1) is 5.87. The van der Waals surface area contributed by atoms with Gasteiger partial charge in [-0.2, -0.15) is 11.8 Å². The Balaban J connectivity index is 2.05. The Morgan fingerprint density at radius 1 is 1.33 bits per heavy atom. The Labute approximate surface area is 78.2 Å². The minimum atomic E-state index is 0.360. The molecule has 2 aliphatic rings. The van der Waals surface area contributed by atoms with E-state index >= 15 is 0 Å². The van der Waals surface area contributed by atoms with E-state index < -0.39 is 0 Å². The molecule has 3 heteroatoms. The minimum absolute atomic E-state index is 0.360. The van der Waals surface area contributed by atoms with Crippen molar-refractivity contribution in [2.45, 2.75) is 25.4 Å². The van der Waals surface area contributed by atoms with Crippen molar-refractivity contribution in [1.29, 1.82) is 0 Å². The van der Waals surface area contributed by atoms with E-state index in [4.69, 9.17) is 10.5 Å². The van der Waals surface area contributed by atoms with Crippen LogP contribution in [-0.4, -0.2) is 30.8 Å². The number of ether oxygens (including phenoxy) is 1. The third-order valence-corrected chi connectivity index (χ3v) is 4.29. The van der Waals surface area contributed by atoms with Crippen LogP contribution in [0.25, 0.3) is 0 Å². The first kappa shape index (κ1) is 8.85. The van der Waals surface area contributed by atoms with E-state index in [1.165, 1.54) is 30.8 Å². The van der Waals surface area contributed by atoms with Crippen molar-refractivity contribution in [1.82, 2.24) is 0 Å². The van der Waals surface area contributed by atoms with Crippen LogP contribution in [-0.2, 0) is 4.74 Å². The van der Waals surface area contributed by atoms with Crippen LogP contribution in [0.15, 0.2) is 0 Å². The van der Waals surface area contributed by atoms with E-state index in [1.54, 1.807) is 0 Å². The van der Waals surface area contributed by atoms with Gasteiger partial charge in [-0.1, -0.05) is 0 Å². The van der Waals surface area contributed by atoms with Gasteiger partial charge in [-0.25, -0.2) is 0 Å². The number of thioether (sulfide) groups is 1. The van der Waals surface area contributed by atoms with Crippen LogP contribution in [0.3, 0.4) is 0 Å². The molecule has 0 saturated carbocycles.